The summed E-state index contributed by atoms with van der Waals surface area (Å²) in [6.07, 6.45) is 8.49. The lowest BCUT2D eigenvalue weighted by atomic mass is 9.78. The largest absolute Gasteiger partial charge is 0.373 e. The van der Waals surface area contributed by atoms with Crippen LogP contribution in [0.2, 0.25) is 0 Å². The summed E-state index contributed by atoms with van der Waals surface area (Å²) in [7, 11) is 0. The van der Waals surface area contributed by atoms with E-state index in [9.17, 15) is 4.79 Å². The highest BCUT2D eigenvalue weighted by Crippen LogP contribution is 2.35. The van der Waals surface area contributed by atoms with E-state index in [0.29, 0.717) is 18.6 Å². The second kappa shape index (κ2) is 5.17. The van der Waals surface area contributed by atoms with Gasteiger partial charge in [0.15, 0.2) is 0 Å². The van der Waals surface area contributed by atoms with Crippen LogP contribution in [0, 0.1) is 11.8 Å². The van der Waals surface area contributed by atoms with Crippen LogP contribution in [0.4, 0.5) is 0 Å². The Bertz CT molecular complexity index is 321. The Morgan fingerprint density at radius 2 is 2.06 bits per heavy atom. The third-order valence-electron chi connectivity index (χ3n) is 4.98. The maximum Gasteiger partial charge on any atom is 0.223 e. The standard InChI is InChI=1S/C14H24N2O2/c15-8-9-3-1-2-4-11(9)14(17)16-12-7-10-5-6-13(12)18-10/h9-13H,1-8,15H2,(H,16,17). The van der Waals surface area contributed by atoms with Gasteiger partial charge in [0.2, 0.25) is 5.91 Å². The second-order valence-electron chi connectivity index (χ2n) is 6.11. The molecule has 5 atom stereocenters. The molecule has 1 aliphatic carbocycles. The first-order valence-electron chi connectivity index (χ1n) is 7.44. The monoisotopic (exact) mass is 252 g/mol. The van der Waals surface area contributed by atoms with Crippen LogP contribution >= 0.6 is 0 Å². The van der Waals surface area contributed by atoms with Gasteiger partial charge in [-0.15, -0.1) is 0 Å². The van der Waals surface area contributed by atoms with E-state index in [1.54, 1.807) is 0 Å². The molecule has 2 saturated heterocycles. The fourth-order valence-electron chi connectivity index (χ4n) is 3.91. The van der Waals surface area contributed by atoms with E-state index in [1.165, 1.54) is 19.3 Å². The van der Waals surface area contributed by atoms with Crippen LogP contribution in [0.1, 0.15) is 44.9 Å². The molecule has 5 unspecified atom stereocenters. The molecule has 2 heterocycles. The summed E-state index contributed by atoms with van der Waals surface area (Å²) < 4.78 is 5.79. The maximum absolute atomic E-state index is 12.4. The molecule has 1 saturated carbocycles. The van der Waals surface area contributed by atoms with Gasteiger partial charge in [0.1, 0.15) is 0 Å². The van der Waals surface area contributed by atoms with Gasteiger partial charge in [-0.25, -0.2) is 0 Å². The van der Waals surface area contributed by atoms with Crippen molar-refractivity contribution in [2.24, 2.45) is 17.6 Å². The van der Waals surface area contributed by atoms with Crippen molar-refractivity contribution in [3.63, 3.8) is 0 Å². The molecule has 0 aromatic rings. The Hall–Kier alpha value is -0.610. The van der Waals surface area contributed by atoms with Gasteiger partial charge in [-0.3, -0.25) is 4.79 Å². The second-order valence-corrected chi connectivity index (χ2v) is 6.11. The summed E-state index contributed by atoms with van der Waals surface area (Å²) in [5.41, 5.74) is 5.80. The third kappa shape index (κ3) is 2.28. The average Bonchev–Trinajstić information content (AvgIpc) is 3.01. The molecule has 0 spiro atoms. The van der Waals surface area contributed by atoms with E-state index in [0.717, 1.165) is 25.7 Å². The number of hydrogen-bond acceptors (Lipinski definition) is 3. The van der Waals surface area contributed by atoms with Crippen LogP contribution in [-0.4, -0.2) is 30.7 Å². The fraction of sp³-hybridized carbons (Fsp3) is 0.929. The van der Waals surface area contributed by atoms with E-state index in [-0.39, 0.29) is 24.0 Å². The molecule has 3 aliphatic rings. The zero-order chi connectivity index (χ0) is 12.5. The van der Waals surface area contributed by atoms with Gasteiger partial charge in [-0.1, -0.05) is 12.8 Å². The number of fused-ring (bicyclic) bond motifs is 2. The summed E-state index contributed by atoms with van der Waals surface area (Å²) in [6, 6.07) is 0.261. The third-order valence-corrected chi connectivity index (χ3v) is 4.98. The smallest absolute Gasteiger partial charge is 0.223 e. The minimum absolute atomic E-state index is 0.142. The van der Waals surface area contributed by atoms with Crippen molar-refractivity contribution in [1.29, 1.82) is 0 Å². The van der Waals surface area contributed by atoms with Gasteiger partial charge in [-0.2, -0.15) is 0 Å². The molecule has 0 aromatic carbocycles. The van der Waals surface area contributed by atoms with E-state index in [1.807, 2.05) is 0 Å². The first-order valence-corrected chi connectivity index (χ1v) is 7.44. The molecule has 2 aliphatic heterocycles. The van der Waals surface area contributed by atoms with Gasteiger partial charge >= 0.3 is 0 Å². The summed E-state index contributed by atoms with van der Waals surface area (Å²) in [4.78, 5) is 12.4. The molecule has 2 bridgehead atoms. The number of nitrogens with two attached hydrogens (primary N) is 1. The van der Waals surface area contributed by atoms with Crippen molar-refractivity contribution in [2.45, 2.75) is 63.2 Å². The van der Waals surface area contributed by atoms with Crippen LogP contribution in [0.25, 0.3) is 0 Å². The predicted octanol–water partition coefficient (Wildman–Crippen LogP) is 1.19. The Morgan fingerprint density at radius 3 is 2.72 bits per heavy atom. The van der Waals surface area contributed by atoms with Crippen LogP contribution in [0.3, 0.4) is 0 Å². The number of rotatable bonds is 3. The number of carbonyl (C=O) groups excluding carboxylic acids is 1. The predicted molar refractivity (Wildman–Crippen MR) is 68.9 cm³/mol. The van der Waals surface area contributed by atoms with Crippen LogP contribution in [-0.2, 0) is 9.53 Å². The van der Waals surface area contributed by atoms with Gasteiger partial charge in [0, 0.05) is 5.92 Å². The number of amides is 1. The van der Waals surface area contributed by atoms with E-state index >= 15 is 0 Å². The first-order chi connectivity index (χ1) is 8.78. The maximum atomic E-state index is 12.4. The minimum atomic E-state index is 0.142. The number of hydrogen-bond donors (Lipinski definition) is 2. The van der Waals surface area contributed by atoms with Crippen molar-refractivity contribution in [3.8, 4) is 0 Å². The normalized spacial score (nSPS) is 43.1. The Labute approximate surface area is 109 Å². The first kappa shape index (κ1) is 12.4. The van der Waals surface area contributed by atoms with Crippen molar-refractivity contribution in [2.75, 3.05) is 6.54 Å². The Morgan fingerprint density at radius 1 is 1.22 bits per heavy atom. The summed E-state index contributed by atoms with van der Waals surface area (Å²) in [5.74, 6) is 0.757. The van der Waals surface area contributed by atoms with Crippen molar-refractivity contribution >= 4 is 5.91 Å². The highest BCUT2D eigenvalue weighted by atomic mass is 16.5. The van der Waals surface area contributed by atoms with Crippen molar-refractivity contribution < 1.29 is 9.53 Å². The molecule has 1 amide bonds. The van der Waals surface area contributed by atoms with E-state index in [2.05, 4.69) is 5.32 Å². The molecule has 4 heteroatoms. The van der Waals surface area contributed by atoms with E-state index < -0.39 is 0 Å². The quantitative estimate of drug-likeness (QED) is 0.793. The molecule has 3 fully saturated rings. The lowest BCUT2D eigenvalue weighted by Crippen LogP contribution is -2.47. The number of nitrogens with one attached hydrogen (secondary N) is 1. The van der Waals surface area contributed by atoms with Gasteiger partial charge < -0.3 is 15.8 Å². The lowest BCUT2D eigenvalue weighted by Gasteiger charge is -2.31. The molecular formula is C14H24N2O2. The fourth-order valence-corrected chi connectivity index (χ4v) is 3.91. The topological polar surface area (TPSA) is 64.4 Å². The summed E-state index contributed by atoms with van der Waals surface area (Å²) in [5, 5.41) is 3.22. The molecular weight excluding hydrogens is 228 g/mol. The van der Waals surface area contributed by atoms with Gasteiger partial charge in [0.25, 0.3) is 0 Å². The summed E-state index contributed by atoms with van der Waals surface area (Å²) in [6.45, 7) is 0.644. The van der Waals surface area contributed by atoms with E-state index in [4.69, 9.17) is 10.5 Å². The van der Waals surface area contributed by atoms with Crippen LogP contribution in [0.5, 0.6) is 0 Å². The minimum Gasteiger partial charge on any atom is -0.373 e. The SMILES string of the molecule is NCC1CCCCC1C(=O)NC1CC2CCC1O2. The van der Waals surface area contributed by atoms with Crippen LogP contribution in [0.15, 0.2) is 0 Å². The number of ether oxygens (including phenoxy) is 1. The molecule has 0 aromatic heterocycles. The van der Waals surface area contributed by atoms with Crippen molar-refractivity contribution in [1.82, 2.24) is 5.32 Å². The zero-order valence-electron chi connectivity index (χ0n) is 10.9. The highest BCUT2D eigenvalue weighted by molar-refractivity contribution is 5.79. The van der Waals surface area contributed by atoms with Crippen LogP contribution < -0.4 is 11.1 Å². The lowest BCUT2D eigenvalue weighted by molar-refractivity contribution is -0.128. The molecule has 3 N–H and O–H groups in total. The Balaban J connectivity index is 1.57. The number of carbonyl (C=O) groups is 1. The molecule has 102 valence electrons. The molecule has 18 heavy (non-hydrogen) atoms. The van der Waals surface area contributed by atoms with Gasteiger partial charge in [0.05, 0.1) is 18.2 Å². The Kier molecular flexibility index (Phi) is 3.57. The van der Waals surface area contributed by atoms with Crippen molar-refractivity contribution in [3.05, 3.63) is 0 Å². The average molecular weight is 252 g/mol. The molecule has 4 nitrogen and oxygen atoms in total. The molecule has 3 rings (SSSR count). The summed E-state index contributed by atoms with van der Waals surface area (Å²) >= 11 is 0. The zero-order valence-corrected chi connectivity index (χ0v) is 10.9. The highest BCUT2D eigenvalue weighted by Gasteiger charge is 2.42. The molecule has 0 radical (unpaired) electrons. The van der Waals surface area contributed by atoms with Gasteiger partial charge in [-0.05, 0) is 44.6 Å².